The summed E-state index contributed by atoms with van der Waals surface area (Å²) in [4.78, 5) is 9.32. The maximum atomic E-state index is 12.5. The zero-order chi connectivity index (χ0) is 19.6. The van der Waals surface area contributed by atoms with Crippen molar-refractivity contribution in [1.82, 2.24) is 20.4 Å². The number of rotatable bonds is 8. The molecule has 2 N–H and O–H groups in total. The van der Waals surface area contributed by atoms with Crippen LogP contribution in [-0.2, 0) is 6.54 Å². The van der Waals surface area contributed by atoms with Gasteiger partial charge < -0.3 is 20.3 Å². The van der Waals surface area contributed by atoms with Crippen molar-refractivity contribution in [3.8, 4) is 5.75 Å². The summed E-state index contributed by atoms with van der Waals surface area (Å²) in [6.07, 6.45) is 0. The van der Waals surface area contributed by atoms with Crippen molar-refractivity contribution in [3.05, 3.63) is 29.8 Å². The summed E-state index contributed by atoms with van der Waals surface area (Å²) in [6, 6.07) is 7.13. The number of aliphatic imine (C=N–C) groups is 1. The SMILES string of the molecule is CCNC(=NCc1ccccc1OC(F)F)NCC(C)N1CCN(C)CC1.I. The smallest absolute Gasteiger partial charge is 0.387 e. The Morgan fingerprint density at radius 3 is 2.50 bits per heavy atom. The number of benzene rings is 1. The van der Waals surface area contributed by atoms with Gasteiger partial charge >= 0.3 is 6.61 Å². The lowest BCUT2D eigenvalue weighted by molar-refractivity contribution is -0.0504. The zero-order valence-corrected chi connectivity index (χ0v) is 19.2. The summed E-state index contributed by atoms with van der Waals surface area (Å²) in [5.74, 6) is 0.836. The van der Waals surface area contributed by atoms with E-state index in [1.807, 2.05) is 6.92 Å². The molecule has 0 radical (unpaired) electrons. The van der Waals surface area contributed by atoms with Crippen molar-refractivity contribution in [2.45, 2.75) is 33.0 Å². The van der Waals surface area contributed by atoms with E-state index >= 15 is 0 Å². The van der Waals surface area contributed by atoms with Gasteiger partial charge in [0, 0.05) is 50.9 Å². The Morgan fingerprint density at radius 1 is 1.18 bits per heavy atom. The van der Waals surface area contributed by atoms with E-state index in [1.54, 1.807) is 18.2 Å². The third-order valence-electron chi connectivity index (χ3n) is 4.67. The molecule has 6 nitrogen and oxygen atoms in total. The third-order valence-corrected chi connectivity index (χ3v) is 4.67. The van der Waals surface area contributed by atoms with E-state index in [0.29, 0.717) is 17.6 Å². The van der Waals surface area contributed by atoms with Crippen molar-refractivity contribution in [1.29, 1.82) is 0 Å². The highest BCUT2D eigenvalue weighted by Crippen LogP contribution is 2.20. The molecule has 0 bridgehead atoms. The molecule has 0 amide bonds. The van der Waals surface area contributed by atoms with Crippen molar-refractivity contribution in [3.63, 3.8) is 0 Å². The molecule has 0 spiro atoms. The fourth-order valence-corrected chi connectivity index (χ4v) is 2.99. The average Bonchev–Trinajstić information content (AvgIpc) is 2.65. The molecule has 1 aliphatic heterocycles. The van der Waals surface area contributed by atoms with Crippen LogP contribution in [0, 0.1) is 0 Å². The molecule has 0 aliphatic carbocycles. The van der Waals surface area contributed by atoms with Crippen LogP contribution in [0.15, 0.2) is 29.3 Å². The predicted octanol–water partition coefficient (Wildman–Crippen LogP) is 2.60. The number of alkyl halides is 2. The molecule has 1 aromatic carbocycles. The topological polar surface area (TPSA) is 52.1 Å². The minimum atomic E-state index is -2.84. The molecular weight excluding hydrogens is 479 g/mol. The standard InChI is InChI=1S/C19H31F2N5O.HI/c1-4-22-19(23-13-15(2)26-11-9-25(3)10-12-26)24-14-16-7-5-6-8-17(16)27-18(20)21;/h5-8,15,18H,4,9-14H2,1-3H3,(H2,22,23,24);1H. The minimum absolute atomic E-state index is 0. The van der Waals surface area contributed by atoms with Gasteiger partial charge in [-0.05, 0) is 27.0 Å². The zero-order valence-electron chi connectivity index (χ0n) is 16.8. The van der Waals surface area contributed by atoms with Crippen molar-refractivity contribution >= 4 is 29.9 Å². The number of guanidine groups is 1. The Morgan fingerprint density at radius 2 is 1.86 bits per heavy atom. The number of para-hydroxylation sites is 1. The van der Waals surface area contributed by atoms with Gasteiger partial charge in [0.15, 0.2) is 5.96 Å². The van der Waals surface area contributed by atoms with Crippen LogP contribution in [0.2, 0.25) is 0 Å². The monoisotopic (exact) mass is 511 g/mol. The van der Waals surface area contributed by atoms with E-state index in [1.165, 1.54) is 6.07 Å². The summed E-state index contributed by atoms with van der Waals surface area (Å²) >= 11 is 0. The van der Waals surface area contributed by atoms with Crippen LogP contribution in [0.4, 0.5) is 8.78 Å². The van der Waals surface area contributed by atoms with Gasteiger partial charge in [-0.2, -0.15) is 8.78 Å². The van der Waals surface area contributed by atoms with Gasteiger partial charge in [0.25, 0.3) is 0 Å². The molecular formula is C19H32F2IN5O. The van der Waals surface area contributed by atoms with Crippen LogP contribution in [0.1, 0.15) is 19.4 Å². The van der Waals surface area contributed by atoms with E-state index < -0.39 is 6.61 Å². The van der Waals surface area contributed by atoms with Gasteiger partial charge in [-0.15, -0.1) is 24.0 Å². The number of hydrogen-bond acceptors (Lipinski definition) is 4. The summed E-state index contributed by atoms with van der Waals surface area (Å²) in [5, 5.41) is 6.56. The van der Waals surface area contributed by atoms with E-state index in [4.69, 9.17) is 0 Å². The van der Waals surface area contributed by atoms with E-state index in [9.17, 15) is 8.78 Å². The fourth-order valence-electron chi connectivity index (χ4n) is 2.99. The van der Waals surface area contributed by atoms with Crippen LogP contribution < -0.4 is 15.4 Å². The molecule has 0 aromatic heterocycles. The minimum Gasteiger partial charge on any atom is -0.434 e. The second-order valence-corrected chi connectivity index (χ2v) is 6.75. The summed E-state index contributed by atoms with van der Waals surface area (Å²) < 4.78 is 29.7. The van der Waals surface area contributed by atoms with Gasteiger partial charge in [0.05, 0.1) is 6.54 Å². The second kappa shape index (κ2) is 13.1. The molecule has 28 heavy (non-hydrogen) atoms. The Labute approximate surface area is 183 Å². The van der Waals surface area contributed by atoms with Crippen LogP contribution in [0.25, 0.3) is 0 Å². The quantitative estimate of drug-likeness (QED) is 0.320. The van der Waals surface area contributed by atoms with Gasteiger partial charge in [0.1, 0.15) is 5.75 Å². The Bertz CT molecular complexity index is 597. The first-order valence-corrected chi connectivity index (χ1v) is 9.47. The van der Waals surface area contributed by atoms with Crippen LogP contribution in [0.3, 0.4) is 0 Å². The first-order chi connectivity index (χ1) is 13.0. The Hall–Kier alpha value is -1.20. The van der Waals surface area contributed by atoms with E-state index in [-0.39, 0.29) is 36.3 Å². The molecule has 1 aromatic rings. The average molecular weight is 511 g/mol. The molecule has 1 atom stereocenters. The van der Waals surface area contributed by atoms with Crippen molar-refractivity contribution < 1.29 is 13.5 Å². The first kappa shape index (κ1) is 24.8. The molecule has 2 rings (SSSR count). The fraction of sp³-hybridized carbons (Fsp3) is 0.632. The van der Waals surface area contributed by atoms with Crippen molar-refractivity contribution in [2.24, 2.45) is 4.99 Å². The Balaban J connectivity index is 0.00000392. The van der Waals surface area contributed by atoms with Crippen LogP contribution in [-0.4, -0.2) is 74.7 Å². The maximum Gasteiger partial charge on any atom is 0.387 e. The molecule has 1 aliphatic rings. The summed E-state index contributed by atoms with van der Waals surface area (Å²) in [6.45, 7) is 7.40. The van der Waals surface area contributed by atoms with Gasteiger partial charge in [-0.1, -0.05) is 18.2 Å². The number of piperazine rings is 1. The van der Waals surface area contributed by atoms with E-state index in [0.717, 1.165) is 39.3 Å². The highest BCUT2D eigenvalue weighted by Gasteiger charge is 2.19. The molecule has 1 fully saturated rings. The molecule has 0 saturated carbocycles. The molecule has 160 valence electrons. The maximum absolute atomic E-state index is 12.5. The predicted molar refractivity (Wildman–Crippen MR) is 120 cm³/mol. The number of hydrogen-bond donors (Lipinski definition) is 2. The van der Waals surface area contributed by atoms with Crippen molar-refractivity contribution in [2.75, 3.05) is 46.3 Å². The second-order valence-electron chi connectivity index (χ2n) is 6.75. The molecule has 1 unspecified atom stereocenters. The van der Waals surface area contributed by atoms with Gasteiger partial charge in [0.2, 0.25) is 0 Å². The number of ether oxygens (including phenoxy) is 1. The molecule has 9 heteroatoms. The van der Waals surface area contributed by atoms with E-state index in [2.05, 4.69) is 44.1 Å². The number of likely N-dealkylation sites (N-methyl/N-ethyl adjacent to an activating group) is 1. The Kier molecular flexibility index (Phi) is 11.6. The highest BCUT2D eigenvalue weighted by molar-refractivity contribution is 14.0. The lowest BCUT2D eigenvalue weighted by Crippen LogP contribution is -2.52. The third kappa shape index (κ3) is 8.44. The summed E-state index contributed by atoms with van der Waals surface area (Å²) in [7, 11) is 2.14. The van der Waals surface area contributed by atoms with Crippen LogP contribution in [0.5, 0.6) is 5.75 Å². The molecule has 1 saturated heterocycles. The van der Waals surface area contributed by atoms with Gasteiger partial charge in [-0.3, -0.25) is 4.90 Å². The van der Waals surface area contributed by atoms with Gasteiger partial charge in [-0.25, -0.2) is 4.99 Å². The number of halogens is 3. The lowest BCUT2D eigenvalue weighted by Gasteiger charge is -2.36. The lowest BCUT2D eigenvalue weighted by atomic mass is 10.2. The highest BCUT2D eigenvalue weighted by atomic mass is 127. The van der Waals surface area contributed by atoms with Crippen LogP contribution >= 0.6 is 24.0 Å². The first-order valence-electron chi connectivity index (χ1n) is 9.47. The number of nitrogens with zero attached hydrogens (tertiary/aromatic N) is 3. The largest absolute Gasteiger partial charge is 0.434 e. The normalized spacial score (nSPS) is 17.1. The molecule has 1 heterocycles. The number of nitrogens with one attached hydrogen (secondary N) is 2. The summed E-state index contributed by atoms with van der Waals surface area (Å²) in [5.41, 5.74) is 0.627.